The maximum absolute atomic E-state index is 11.1. The fraction of sp³-hybridized carbons (Fsp3) is 0.118. The van der Waals surface area contributed by atoms with E-state index in [1.54, 1.807) is 0 Å². The van der Waals surface area contributed by atoms with Crippen LogP contribution in [0.5, 0.6) is 0 Å². The summed E-state index contributed by atoms with van der Waals surface area (Å²) in [6.07, 6.45) is 1.31. The van der Waals surface area contributed by atoms with Gasteiger partial charge in [0, 0.05) is 6.08 Å². The van der Waals surface area contributed by atoms with E-state index < -0.39 is 5.97 Å². The Kier molecular flexibility index (Phi) is 2.53. The molecule has 0 heterocycles. The highest BCUT2D eigenvalue weighted by atomic mass is 16.4. The predicted octanol–water partition coefficient (Wildman–Crippen LogP) is 3.80. The Morgan fingerprint density at radius 2 is 1.84 bits per heavy atom. The number of aryl methyl sites for hydroxylation is 2. The van der Waals surface area contributed by atoms with Crippen molar-refractivity contribution in [3.05, 3.63) is 64.7 Å². The summed E-state index contributed by atoms with van der Waals surface area (Å²) in [6.45, 7) is 4.08. The molecule has 0 unspecified atom stereocenters. The lowest BCUT2D eigenvalue weighted by atomic mass is 10.00. The van der Waals surface area contributed by atoms with Crippen LogP contribution in [-0.4, -0.2) is 11.1 Å². The van der Waals surface area contributed by atoms with Crippen LogP contribution in [0.15, 0.2) is 42.5 Å². The van der Waals surface area contributed by atoms with Gasteiger partial charge in [0.05, 0.1) is 0 Å². The van der Waals surface area contributed by atoms with Gasteiger partial charge < -0.3 is 5.11 Å². The van der Waals surface area contributed by atoms with Crippen molar-refractivity contribution in [2.75, 3.05) is 0 Å². The average molecular weight is 250 g/mol. The van der Waals surface area contributed by atoms with Crippen LogP contribution in [0.25, 0.3) is 16.7 Å². The molecule has 2 heteroatoms. The Hall–Kier alpha value is -2.35. The highest BCUT2D eigenvalue weighted by molar-refractivity contribution is 6.07. The molecule has 0 atom stereocenters. The summed E-state index contributed by atoms with van der Waals surface area (Å²) in [6, 6.07) is 12.2. The van der Waals surface area contributed by atoms with Crippen molar-refractivity contribution in [2.45, 2.75) is 13.8 Å². The maximum Gasteiger partial charge on any atom is 0.328 e. The van der Waals surface area contributed by atoms with Gasteiger partial charge in [0.1, 0.15) is 0 Å². The molecular formula is C17H14O2. The Balaban J connectivity index is 2.39. The first-order valence-electron chi connectivity index (χ1n) is 6.24. The van der Waals surface area contributed by atoms with Crippen molar-refractivity contribution >= 4 is 11.5 Å². The monoisotopic (exact) mass is 250 g/mol. The van der Waals surface area contributed by atoms with Crippen LogP contribution in [0.1, 0.15) is 22.3 Å². The highest BCUT2D eigenvalue weighted by Gasteiger charge is 2.25. The molecule has 2 aromatic rings. The van der Waals surface area contributed by atoms with Gasteiger partial charge in [-0.15, -0.1) is 0 Å². The molecule has 1 aliphatic carbocycles. The number of hydrogen-bond donors (Lipinski definition) is 1. The molecule has 0 aliphatic heterocycles. The molecule has 0 spiro atoms. The standard InChI is InChI=1S/C17H14O2/c1-10-6-7-13-14(8-10)15(9-16(18)19)12-5-3-4-11(2)17(12)13/h3-9H,1-2H3,(H,18,19)/b15-9-. The van der Waals surface area contributed by atoms with Gasteiger partial charge in [-0.3, -0.25) is 0 Å². The van der Waals surface area contributed by atoms with Gasteiger partial charge in [-0.2, -0.15) is 0 Å². The first-order chi connectivity index (χ1) is 9.08. The molecule has 1 N–H and O–H groups in total. The number of carbonyl (C=O) groups is 1. The minimum Gasteiger partial charge on any atom is -0.478 e. The Bertz CT molecular complexity index is 724. The van der Waals surface area contributed by atoms with Crippen LogP contribution in [0, 0.1) is 13.8 Å². The summed E-state index contributed by atoms with van der Waals surface area (Å²) < 4.78 is 0. The van der Waals surface area contributed by atoms with Crippen LogP contribution in [0.2, 0.25) is 0 Å². The van der Waals surface area contributed by atoms with Crippen molar-refractivity contribution < 1.29 is 9.90 Å². The third-order valence-electron chi connectivity index (χ3n) is 3.57. The average Bonchev–Trinajstić information content (AvgIpc) is 2.64. The Morgan fingerprint density at radius 3 is 2.58 bits per heavy atom. The number of hydrogen-bond acceptors (Lipinski definition) is 1. The highest BCUT2D eigenvalue weighted by Crippen LogP contribution is 2.45. The molecule has 0 amide bonds. The van der Waals surface area contributed by atoms with Gasteiger partial charge in [-0.25, -0.2) is 4.79 Å². The summed E-state index contributed by atoms with van der Waals surface area (Å²) in [7, 11) is 0. The van der Waals surface area contributed by atoms with Crippen molar-refractivity contribution in [3.8, 4) is 11.1 Å². The topological polar surface area (TPSA) is 37.3 Å². The van der Waals surface area contributed by atoms with Crippen molar-refractivity contribution in [3.63, 3.8) is 0 Å². The van der Waals surface area contributed by atoms with E-state index in [9.17, 15) is 4.79 Å². The molecule has 0 fully saturated rings. The second-order valence-corrected chi connectivity index (χ2v) is 4.94. The molecule has 0 aromatic heterocycles. The van der Waals surface area contributed by atoms with E-state index in [2.05, 4.69) is 31.2 Å². The molecule has 0 bridgehead atoms. The van der Waals surface area contributed by atoms with Crippen LogP contribution in [0.4, 0.5) is 0 Å². The molecule has 0 saturated heterocycles. The molecule has 1 aliphatic rings. The minimum atomic E-state index is -0.906. The van der Waals surface area contributed by atoms with Crippen molar-refractivity contribution in [1.29, 1.82) is 0 Å². The lowest BCUT2D eigenvalue weighted by molar-refractivity contribution is -0.131. The molecular weight excluding hydrogens is 236 g/mol. The Morgan fingerprint density at radius 1 is 1.05 bits per heavy atom. The van der Waals surface area contributed by atoms with Crippen LogP contribution >= 0.6 is 0 Å². The summed E-state index contributed by atoms with van der Waals surface area (Å²) in [4.78, 5) is 11.1. The number of carboxylic acid groups (broad SMARTS) is 1. The fourth-order valence-electron chi connectivity index (χ4n) is 2.77. The van der Waals surface area contributed by atoms with Crippen LogP contribution in [0.3, 0.4) is 0 Å². The van der Waals surface area contributed by atoms with E-state index in [0.717, 1.165) is 33.4 Å². The minimum absolute atomic E-state index is 0.810. The second kappa shape index (κ2) is 4.09. The van der Waals surface area contributed by atoms with Gasteiger partial charge in [0.15, 0.2) is 0 Å². The van der Waals surface area contributed by atoms with Gasteiger partial charge in [-0.05, 0) is 47.2 Å². The number of fused-ring (bicyclic) bond motifs is 3. The van der Waals surface area contributed by atoms with Gasteiger partial charge in [-0.1, -0.05) is 42.0 Å². The quantitative estimate of drug-likeness (QED) is 0.667. The third-order valence-corrected chi connectivity index (χ3v) is 3.57. The van der Waals surface area contributed by atoms with E-state index in [0.29, 0.717) is 0 Å². The van der Waals surface area contributed by atoms with Crippen molar-refractivity contribution in [2.24, 2.45) is 0 Å². The summed E-state index contributed by atoms with van der Waals surface area (Å²) in [5.74, 6) is -0.906. The lowest BCUT2D eigenvalue weighted by Crippen LogP contribution is -1.91. The van der Waals surface area contributed by atoms with Gasteiger partial charge in [0.25, 0.3) is 0 Å². The molecule has 2 nitrogen and oxygen atoms in total. The lowest BCUT2D eigenvalue weighted by Gasteiger charge is -2.04. The molecule has 0 saturated carbocycles. The van der Waals surface area contributed by atoms with E-state index in [-0.39, 0.29) is 0 Å². The number of carboxylic acids is 1. The second-order valence-electron chi connectivity index (χ2n) is 4.94. The molecule has 2 aromatic carbocycles. The number of aliphatic carboxylic acids is 1. The summed E-state index contributed by atoms with van der Waals surface area (Å²) in [5.41, 5.74) is 7.45. The van der Waals surface area contributed by atoms with Crippen LogP contribution in [-0.2, 0) is 4.79 Å². The summed E-state index contributed by atoms with van der Waals surface area (Å²) >= 11 is 0. The van der Waals surface area contributed by atoms with E-state index in [4.69, 9.17) is 5.11 Å². The molecule has 94 valence electrons. The zero-order valence-corrected chi connectivity index (χ0v) is 10.9. The zero-order chi connectivity index (χ0) is 13.6. The summed E-state index contributed by atoms with van der Waals surface area (Å²) in [5, 5.41) is 9.09. The maximum atomic E-state index is 11.1. The Labute approximate surface area is 112 Å². The molecule has 0 radical (unpaired) electrons. The van der Waals surface area contributed by atoms with E-state index >= 15 is 0 Å². The normalized spacial score (nSPS) is 14.3. The fourth-order valence-corrected chi connectivity index (χ4v) is 2.77. The smallest absolute Gasteiger partial charge is 0.328 e. The predicted molar refractivity (Wildman–Crippen MR) is 76.1 cm³/mol. The SMILES string of the molecule is Cc1ccc2c(c1)/C(=C\C(=O)O)c1cccc(C)c1-2. The van der Waals surface area contributed by atoms with E-state index in [1.807, 2.05) is 19.1 Å². The molecule has 19 heavy (non-hydrogen) atoms. The van der Waals surface area contributed by atoms with Gasteiger partial charge in [0.2, 0.25) is 0 Å². The van der Waals surface area contributed by atoms with Crippen molar-refractivity contribution in [1.82, 2.24) is 0 Å². The van der Waals surface area contributed by atoms with Gasteiger partial charge >= 0.3 is 5.97 Å². The number of rotatable bonds is 1. The third kappa shape index (κ3) is 1.76. The largest absolute Gasteiger partial charge is 0.478 e. The number of benzene rings is 2. The first kappa shape index (κ1) is 11.7. The first-order valence-corrected chi connectivity index (χ1v) is 6.24. The van der Waals surface area contributed by atoms with Crippen LogP contribution < -0.4 is 0 Å². The molecule has 3 rings (SSSR count). The zero-order valence-electron chi connectivity index (χ0n) is 10.9. The van der Waals surface area contributed by atoms with E-state index in [1.165, 1.54) is 11.6 Å².